The number of halogens is 1. The van der Waals surface area contributed by atoms with Gasteiger partial charge < -0.3 is 15.3 Å². The number of phenols is 1. The first-order valence-corrected chi connectivity index (χ1v) is 9.57. The highest BCUT2D eigenvalue weighted by atomic mass is 19.1. The molecule has 0 atom stereocenters. The number of rotatable bonds is 6. The van der Waals surface area contributed by atoms with Gasteiger partial charge in [0.05, 0.1) is 0 Å². The van der Waals surface area contributed by atoms with Gasteiger partial charge in [-0.25, -0.2) is 4.39 Å². The summed E-state index contributed by atoms with van der Waals surface area (Å²) in [7, 11) is 2.14. The molecule has 2 aromatic rings. The van der Waals surface area contributed by atoms with Crippen molar-refractivity contribution in [3.05, 3.63) is 65.0 Å². The van der Waals surface area contributed by atoms with E-state index in [1.165, 1.54) is 6.07 Å². The number of piperazine rings is 1. The maximum Gasteiger partial charge on any atom is 0.128 e. The van der Waals surface area contributed by atoms with Crippen LogP contribution in [0, 0.1) is 5.82 Å². The Kier molecular flexibility index (Phi) is 6.15. The lowest BCUT2D eigenvalue weighted by atomic mass is 9.93. The van der Waals surface area contributed by atoms with Crippen LogP contribution in [0.5, 0.6) is 5.75 Å². The van der Waals surface area contributed by atoms with Gasteiger partial charge in [0.25, 0.3) is 0 Å². The number of phenolic OH excluding ortho intramolecular Hbond substituents is 1. The van der Waals surface area contributed by atoms with Crippen molar-refractivity contribution in [1.82, 2.24) is 15.1 Å². The normalized spacial score (nSPS) is 16.6. The Hall–Kier alpha value is -1.95. The Morgan fingerprint density at radius 2 is 1.78 bits per heavy atom. The summed E-state index contributed by atoms with van der Waals surface area (Å²) in [5, 5.41) is 13.7. The SMILES string of the molecule is CN1CCN(Cc2cc(CNC(C)(C)c3ccccc3F)ccc2O)CC1. The fourth-order valence-corrected chi connectivity index (χ4v) is 3.51. The molecule has 1 aliphatic heterocycles. The van der Waals surface area contributed by atoms with Gasteiger partial charge in [-0.2, -0.15) is 0 Å². The third kappa shape index (κ3) is 5.06. The van der Waals surface area contributed by atoms with Crippen molar-refractivity contribution < 1.29 is 9.50 Å². The molecule has 4 nitrogen and oxygen atoms in total. The van der Waals surface area contributed by atoms with Crippen LogP contribution in [0.1, 0.15) is 30.5 Å². The van der Waals surface area contributed by atoms with Crippen LogP contribution in [0.4, 0.5) is 4.39 Å². The summed E-state index contributed by atoms with van der Waals surface area (Å²) in [5.41, 5.74) is 2.20. The summed E-state index contributed by atoms with van der Waals surface area (Å²) in [6, 6.07) is 12.6. The average Bonchev–Trinajstić information content (AvgIpc) is 2.64. The number of benzene rings is 2. The predicted molar refractivity (Wildman–Crippen MR) is 107 cm³/mol. The quantitative estimate of drug-likeness (QED) is 0.817. The zero-order valence-electron chi connectivity index (χ0n) is 16.5. The molecular weight excluding hydrogens is 341 g/mol. The molecule has 0 spiro atoms. The van der Waals surface area contributed by atoms with Gasteiger partial charge in [0.1, 0.15) is 11.6 Å². The zero-order chi connectivity index (χ0) is 19.4. The standard InChI is InChI=1S/C22H30FN3O/c1-22(2,19-6-4-5-7-20(19)23)24-15-17-8-9-21(27)18(14-17)16-26-12-10-25(3)11-13-26/h4-9,14,24,27H,10-13,15-16H2,1-3H3. The van der Waals surface area contributed by atoms with Gasteiger partial charge in [0.15, 0.2) is 0 Å². The Balaban J connectivity index is 1.66. The van der Waals surface area contributed by atoms with E-state index in [0.29, 0.717) is 17.9 Å². The predicted octanol–water partition coefficient (Wildman–Crippen LogP) is 3.30. The van der Waals surface area contributed by atoms with Crippen LogP contribution in [0.25, 0.3) is 0 Å². The first-order valence-electron chi connectivity index (χ1n) is 9.57. The Labute approximate surface area is 161 Å². The Bertz CT molecular complexity index is 770. The highest BCUT2D eigenvalue weighted by Gasteiger charge is 2.23. The van der Waals surface area contributed by atoms with E-state index < -0.39 is 5.54 Å². The Morgan fingerprint density at radius 1 is 1.07 bits per heavy atom. The molecule has 0 amide bonds. The number of hydrogen-bond donors (Lipinski definition) is 2. The summed E-state index contributed by atoms with van der Waals surface area (Å²) < 4.78 is 14.1. The molecule has 5 heteroatoms. The molecule has 0 saturated carbocycles. The van der Waals surface area contributed by atoms with Crippen LogP contribution in [-0.4, -0.2) is 48.1 Å². The molecule has 0 bridgehead atoms. The summed E-state index contributed by atoms with van der Waals surface area (Å²) in [6.45, 7) is 9.46. The summed E-state index contributed by atoms with van der Waals surface area (Å²) in [6.07, 6.45) is 0. The molecule has 2 N–H and O–H groups in total. The third-order valence-corrected chi connectivity index (χ3v) is 5.42. The topological polar surface area (TPSA) is 38.7 Å². The second-order valence-corrected chi connectivity index (χ2v) is 8.00. The number of likely N-dealkylation sites (N-methyl/N-ethyl adjacent to an activating group) is 1. The lowest BCUT2D eigenvalue weighted by Crippen LogP contribution is -2.43. The molecule has 27 heavy (non-hydrogen) atoms. The van der Waals surface area contributed by atoms with E-state index in [2.05, 4.69) is 28.2 Å². The second-order valence-electron chi connectivity index (χ2n) is 8.00. The van der Waals surface area contributed by atoms with Gasteiger partial charge in [-0.15, -0.1) is 0 Å². The lowest BCUT2D eigenvalue weighted by Gasteiger charge is -2.32. The van der Waals surface area contributed by atoms with Crippen molar-refractivity contribution in [3.63, 3.8) is 0 Å². The molecule has 0 aromatic heterocycles. The maximum atomic E-state index is 14.1. The first kappa shape index (κ1) is 19.8. The van der Waals surface area contributed by atoms with Crippen LogP contribution in [0.3, 0.4) is 0 Å². The molecule has 1 saturated heterocycles. The molecule has 146 valence electrons. The van der Waals surface area contributed by atoms with Crippen molar-refractivity contribution in [2.24, 2.45) is 0 Å². The lowest BCUT2D eigenvalue weighted by molar-refractivity contribution is 0.147. The van der Waals surface area contributed by atoms with Gasteiger partial charge in [-0.05, 0) is 44.7 Å². The van der Waals surface area contributed by atoms with Crippen molar-refractivity contribution >= 4 is 0 Å². The van der Waals surface area contributed by atoms with Crippen LogP contribution in [0.2, 0.25) is 0 Å². The van der Waals surface area contributed by atoms with E-state index in [9.17, 15) is 9.50 Å². The average molecular weight is 372 g/mol. The summed E-state index contributed by atoms with van der Waals surface area (Å²) >= 11 is 0. The van der Waals surface area contributed by atoms with E-state index in [0.717, 1.165) is 43.9 Å². The first-order chi connectivity index (χ1) is 12.8. The van der Waals surface area contributed by atoms with E-state index in [4.69, 9.17) is 0 Å². The molecule has 0 unspecified atom stereocenters. The minimum absolute atomic E-state index is 0.198. The zero-order valence-corrected chi connectivity index (χ0v) is 16.5. The molecule has 1 heterocycles. The maximum absolute atomic E-state index is 14.1. The van der Waals surface area contributed by atoms with Gasteiger partial charge in [0, 0.05) is 55.9 Å². The van der Waals surface area contributed by atoms with E-state index >= 15 is 0 Å². The van der Waals surface area contributed by atoms with Crippen molar-refractivity contribution in [2.75, 3.05) is 33.2 Å². The molecule has 0 radical (unpaired) electrons. The fourth-order valence-electron chi connectivity index (χ4n) is 3.51. The number of hydrogen-bond acceptors (Lipinski definition) is 4. The third-order valence-electron chi connectivity index (χ3n) is 5.42. The fraction of sp³-hybridized carbons (Fsp3) is 0.455. The minimum atomic E-state index is -0.485. The van der Waals surface area contributed by atoms with Crippen molar-refractivity contribution in [3.8, 4) is 5.75 Å². The van der Waals surface area contributed by atoms with Crippen LogP contribution < -0.4 is 5.32 Å². The summed E-state index contributed by atoms with van der Waals surface area (Å²) in [5.74, 6) is 0.141. The number of nitrogens with one attached hydrogen (secondary N) is 1. The Morgan fingerprint density at radius 3 is 2.48 bits per heavy atom. The highest BCUT2D eigenvalue weighted by molar-refractivity contribution is 5.36. The molecule has 3 rings (SSSR count). The van der Waals surface area contributed by atoms with Crippen molar-refractivity contribution in [2.45, 2.75) is 32.5 Å². The molecule has 1 fully saturated rings. The van der Waals surface area contributed by atoms with Gasteiger partial charge in [-0.3, -0.25) is 4.90 Å². The van der Waals surface area contributed by atoms with Crippen molar-refractivity contribution in [1.29, 1.82) is 0 Å². The molecule has 1 aliphatic rings. The van der Waals surface area contributed by atoms with Gasteiger partial charge >= 0.3 is 0 Å². The van der Waals surface area contributed by atoms with Gasteiger partial charge in [-0.1, -0.05) is 24.3 Å². The molecule has 0 aliphatic carbocycles. The van der Waals surface area contributed by atoms with E-state index in [1.807, 2.05) is 32.0 Å². The largest absolute Gasteiger partial charge is 0.508 e. The van der Waals surface area contributed by atoms with E-state index in [-0.39, 0.29) is 5.82 Å². The number of nitrogens with zero attached hydrogens (tertiary/aromatic N) is 2. The summed E-state index contributed by atoms with van der Waals surface area (Å²) in [4.78, 5) is 4.69. The van der Waals surface area contributed by atoms with Gasteiger partial charge in [0.2, 0.25) is 0 Å². The van der Waals surface area contributed by atoms with Crippen LogP contribution in [0.15, 0.2) is 42.5 Å². The van der Waals surface area contributed by atoms with E-state index in [1.54, 1.807) is 12.1 Å². The second kappa shape index (κ2) is 8.38. The molecule has 2 aromatic carbocycles. The monoisotopic (exact) mass is 371 g/mol. The minimum Gasteiger partial charge on any atom is -0.508 e. The highest BCUT2D eigenvalue weighted by Crippen LogP contribution is 2.25. The smallest absolute Gasteiger partial charge is 0.128 e. The number of aromatic hydroxyl groups is 1. The van der Waals surface area contributed by atoms with Crippen LogP contribution in [-0.2, 0) is 18.6 Å². The molecular formula is C22H30FN3O. The van der Waals surface area contributed by atoms with Crippen LogP contribution >= 0.6 is 0 Å².